The Balaban J connectivity index is 1.31. The summed E-state index contributed by atoms with van der Waals surface area (Å²) in [6, 6.07) is 14.6. The average Bonchev–Trinajstić information content (AvgIpc) is 3.67. The molecule has 1 amide bonds. The van der Waals surface area contributed by atoms with Crippen molar-refractivity contribution in [1.29, 1.82) is 0 Å². The standard InChI is InChI=1S/C32H33BClFN2O6S/c1-31(2)32(3,4)43-33(42-31)24-13-6-18(14-25(24)35)17-44(39,40)37-26-16-27-23(15-22(26)19-7-8-19)28(30(38)36-5)29(41-27)20-9-11-21(34)12-10-20/h6,9-16,19,37H,7-8,17H2,1-5H3,(H,36,38). The minimum absolute atomic E-state index is 0.139. The van der Waals surface area contributed by atoms with Gasteiger partial charge < -0.3 is 19.0 Å². The molecule has 2 fully saturated rings. The molecule has 0 bridgehead atoms. The second-order valence-electron chi connectivity index (χ2n) is 12.4. The van der Waals surface area contributed by atoms with Crippen LogP contribution in [0.2, 0.25) is 5.02 Å². The number of hydrogen-bond donors (Lipinski definition) is 2. The van der Waals surface area contributed by atoms with E-state index >= 15 is 4.39 Å². The minimum Gasteiger partial charge on any atom is -0.455 e. The number of carbonyl (C=O) groups excluding carboxylic acids is 1. The second-order valence-corrected chi connectivity index (χ2v) is 14.6. The van der Waals surface area contributed by atoms with Crippen LogP contribution in [0.15, 0.2) is 59.0 Å². The van der Waals surface area contributed by atoms with Crippen molar-refractivity contribution < 1.29 is 31.3 Å². The Kier molecular flexibility index (Phi) is 7.59. The van der Waals surface area contributed by atoms with Gasteiger partial charge in [-0.1, -0.05) is 23.7 Å². The van der Waals surface area contributed by atoms with Crippen molar-refractivity contribution in [2.75, 3.05) is 11.8 Å². The summed E-state index contributed by atoms with van der Waals surface area (Å²) in [5.74, 6) is -0.887. The van der Waals surface area contributed by atoms with E-state index in [1.54, 1.807) is 43.4 Å². The maximum Gasteiger partial charge on any atom is 0.497 e. The zero-order valence-electron chi connectivity index (χ0n) is 25.1. The van der Waals surface area contributed by atoms with Crippen LogP contribution in [0, 0.1) is 5.82 Å². The van der Waals surface area contributed by atoms with Crippen molar-refractivity contribution in [3.8, 4) is 11.3 Å². The first-order valence-electron chi connectivity index (χ1n) is 14.4. The maximum atomic E-state index is 15.2. The third-order valence-electron chi connectivity index (χ3n) is 8.63. The zero-order chi connectivity index (χ0) is 31.6. The molecule has 2 aliphatic rings. The van der Waals surface area contributed by atoms with Gasteiger partial charge in [0.1, 0.15) is 17.2 Å². The molecule has 12 heteroatoms. The van der Waals surface area contributed by atoms with Gasteiger partial charge in [0, 0.05) is 34.5 Å². The van der Waals surface area contributed by atoms with E-state index in [1.165, 1.54) is 12.1 Å². The van der Waals surface area contributed by atoms with E-state index in [1.807, 2.05) is 33.8 Å². The number of hydrogen-bond acceptors (Lipinski definition) is 6. The molecule has 1 aliphatic carbocycles. The first-order chi connectivity index (χ1) is 20.7. The number of fused-ring (bicyclic) bond motifs is 1. The van der Waals surface area contributed by atoms with E-state index in [0.29, 0.717) is 38.6 Å². The molecule has 6 rings (SSSR count). The molecule has 1 aliphatic heterocycles. The summed E-state index contributed by atoms with van der Waals surface area (Å²) in [6.07, 6.45) is 1.78. The normalized spacial score (nSPS) is 17.7. The summed E-state index contributed by atoms with van der Waals surface area (Å²) in [5.41, 5.74) is 1.72. The number of benzene rings is 3. The topological polar surface area (TPSA) is 107 Å². The van der Waals surface area contributed by atoms with Crippen molar-refractivity contribution in [1.82, 2.24) is 5.32 Å². The van der Waals surface area contributed by atoms with E-state index < -0.39 is 39.9 Å². The number of halogens is 2. The van der Waals surface area contributed by atoms with Crippen LogP contribution in [0.5, 0.6) is 0 Å². The molecule has 44 heavy (non-hydrogen) atoms. The van der Waals surface area contributed by atoms with Crippen molar-refractivity contribution >= 4 is 56.8 Å². The van der Waals surface area contributed by atoms with E-state index in [2.05, 4.69) is 10.0 Å². The summed E-state index contributed by atoms with van der Waals surface area (Å²) in [5, 5.41) is 3.80. The largest absolute Gasteiger partial charge is 0.497 e. The molecule has 2 N–H and O–H groups in total. The number of anilines is 1. The van der Waals surface area contributed by atoms with Crippen LogP contribution in [0.3, 0.4) is 0 Å². The quantitative estimate of drug-likeness (QED) is 0.217. The average molecular weight is 639 g/mol. The lowest BCUT2D eigenvalue weighted by Crippen LogP contribution is -2.41. The Labute approximate surface area is 261 Å². The summed E-state index contributed by atoms with van der Waals surface area (Å²) in [4.78, 5) is 13.0. The maximum absolute atomic E-state index is 15.2. The van der Waals surface area contributed by atoms with Gasteiger partial charge in [0.25, 0.3) is 5.91 Å². The number of furan rings is 1. The Morgan fingerprint density at radius 1 is 1.02 bits per heavy atom. The highest BCUT2D eigenvalue weighted by molar-refractivity contribution is 7.91. The molecular formula is C32H33BClFN2O6S. The van der Waals surface area contributed by atoms with E-state index in [-0.39, 0.29) is 22.9 Å². The fourth-order valence-corrected chi connectivity index (χ4v) is 6.71. The predicted octanol–water partition coefficient (Wildman–Crippen LogP) is 6.37. The van der Waals surface area contributed by atoms with Gasteiger partial charge in [0.2, 0.25) is 10.0 Å². The van der Waals surface area contributed by atoms with Gasteiger partial charge in [-0.15, -0.1) is 0 Å². The van der Waals surface area contributed by atoms with E-state index in [0.717, 1.165) is 18.4 Å². The van der Waals surface area contributed by atoms with Crippen molar-refractivity contribution in [3.63, 3.8) is 0 Å². The lowest BCUT2D eigenvalue weighted by Gasteiger charge is -2.32. The Morgan fingerprint density at radius 2 is 1.68 bits per heavy atom. The third-order valence-corrected chi connectivity index (χ3v) is 10.1. The van der Waals surface area contributed by atoms with Crippen LogP contribution in [-0.2, 0) is 25.1 Å². The van der Waals surface area contributed by atoms with Crippen LogP contribution in [0.25, 0.3) is 22.3 Å². The lowest BCUT2D eigenvalue weighted by molar-refractivity contribution is 0.00578. The van der Waals surface area contributed by atoms with Crippen molar-refractivity contribution in [3.05, 3.63) is 82.1 Å². The molecule has 0 unspecified atom stereocenters. The fourth-order valence-electron chi connectivity index (χ4n) is 5.38. The molecule has 0 radical (unpaired) electrons. The van der Waals surface area contributed by atoms with Gasteiger partial charge >= 0.3 is 7.12 Å². The molecule has 1 saturated carbocycles. The van der Waals surface area contributed by atoms with Crippen LogP contribution >= 0.6 is 11.6 Å². The Bertz CT molecular complexity index is 1870. The van der Waals surface area contributed by atoms with E-state index in [9.17, 15) is 13.2 Å². The van der Waals surface area contributed by atoms with Crippen LogP contribution in [-0.4, -0.2) is 39.7 Å². The number of nitrogens with one attached hydrogen (secondary N) is 2. The summed E-state index contributed by atoms with van der Waals surface area (Å²) >= 11 is 6.07. The number of carbonyl (C=O) groups is 1. The van der Waals surface area contributed by atoms with Crippen LogP contribution in [0.4, 0.5) is 10.1 Å². The molecule has 2 heterocycles. The van der Waals surface area contributed by atoms with E-state index in [4.69, 9.17) is 25.3 Å². The second kappa shape index (κ2) is 10.9. The summed E-state index contributed by atoms with van der Waals surface area (Å²) in [7, 11) is -3.32. The molecule has 230 valence electrons. The molecule has 0 atom stereocenters. The van der Waals surface area contributed by atoms with Crippen molar-refractivity contribution in [2.45, 2.75) is 63.4 Å². The number of sulfonamides is 1. The third kappa shape index (κ3) is 5.74. The number of rotatable bonds is 8. The first kappa shape index (κ1) is 30.6. The van der Waals surface area contributed by atoms with Gasteiger partial charge in [-0.2, -0.15) is 0 Å². The predicted molar refractivity (Wildman–Crippen MR) is 170 cm³/mol. The highest BCUT2D eigenvalue weighted by Gasteiger charge is 2.52. The van der Waals surface area contributed by atoms with Gasteiger partial charge in [-0.25, -0.2) is 12.8 Å². The number of amides is 1. The van der Waals surface area contributed by atoms with Gasteiger partial charge in [0.15, 0.2) is 0 Å². The van der Waals surface area contributed by atoms with Crippen LogP contribution < -0.4 is 15.5 Å². The smallest absolute Gasteiger partial charge is 0.455 e. The lowest BCUT2D eigenvalue weighted by atomic mass is 9.78. The van der Waals surface area contributed by atoms with Crippen LogP contribution in [0.1, 0.15) is 67.9 Å². The monoisotopic (exact) mass is 638 g/mol. The molecule has 3 aromatic carbocycles. The minimum atomic E-state index is -3.97. The molecule has 1 saturated heterocycles. The molecule has 0 spiro atoms. The first-order valence-corrected chi connectivity index (χ1v) is 16.4. The SMILES string of the molecule is CNC(=O)c1c(-c2ccc(Cl)cc2)oc2cc(NS(=O)(=O)Cc3ccc(B4OC(C)(C)C(C)(C)O4)c(F)c3)c(C3CC3)cc12. The zero-order valence-corrected chi connectivity index (χ0v) is 26.7. The van der Waals surface area contributed by atoms with Gasteiger partial charge in [-0.05, 0) is 94.0 Å². The summed E-state index contributed by atoms with van der Waals surface area (Å²) in [6.45, 7) is 7.52. The highest BCUT2D eigenvalue weighted by Crippen LogP contribution is 2.47. The van der Waals surface area contributed by atoms with Gasteiger partial charge in [-0.3, -0.25) is 9.52 Å². The highest BCUT2D eigenvalue weighted by atomic mass is 35.5. The molecule has 1 aromatic heterocycles. The van der Waals surface area contributed by atoms with Gasteiger partial charge in [0.05, 0.1) is 28.2 Å². The summed E-state index contributed by atoms with van der Waals surface area (Å²) < 4.78 is 62.8. The molecular weight excluding hydrogens is 606 g/mol. The Hall–Kier alpha value is -3.38. The fraction of sp³-hybridized carbons (Fsp3) is 0.344. The molecule has 8 nitrogen and oxygen atoms in total. The van der Waals surface area contributed by atoms with Crippen molar-refractivity contribution in [2.24, 2.45) is 0 Å². The Morgan fingerprint density at radius 3 is 2.27 bits per heavy atom. The molecule has 4 aromatic rings.